The number of carbonyl (C=O) groups excluding carboxylic acids is 2. The number of thiophene rings is 1. The number of nitrogens with one attached hydrogen (secondary N) is 1. The fraction of sp³-hybridized carbons (Fsp3) is 0.261. The van der Waals surface area contributed by atoms with Gasteiger partial charge in [-0.25, -0.2) is 4.39 Å². The Labute approximate surface area is 184 Å². The van der Waals surface area contributed by atoms with E-state index in [1.54, 1.807) is 59.4 Å². The number of piperidine rings is 1. The Kier molecular flexibility index (Phi) is 6.27. The predicted molar refractivity (Wildman–Crippen MR) is 119 cm³/mol. The molecule has 0 radical (unpaired) electrons. The van der Waals surface area contributed by atoms with Crippen LogP contribution in [0.3, 0.4) is 0 Å². The maximum Gasteiger partial charge on any atom is 0.254 e. The fourth-order valence-electron chi connectivity index (χ4n) is 3.56. The van der Waals surface area contributed by atoms with Crippen molar-refractivity contribution >= 4 is 29.2 Å². The molecule has 3 aromatic rings. The third kappa shape index (κ3) is 5.08. The van der Waals surface area contributed by atoms with Gasteiger partial charge in [-0.2, -0.15) is 5.10 Å². The maximum atomic E-state index is 13.9. The van der Waals surface area contributed by atoms with Gasteiger partial charge in [0.05, 0.1) is 11.8 Å². The molecule has 0 aliphatic carbocycles. The SMILES string of the molecule is Cn1cc(C(=O)NC2CCN(C(=O)/C=C/c3ccc(-c4ccccc4F)s3)CC2)cn1. The van der Waals surface area contributed by atoms with E-state index in [4.69, 9.17) is 0 Å². The van der Waals surface area contributed by atoms with E-state index in [1.165, 1.54) is 17.4 Å². The van der Waals surface area contributed by atoms with Crippen molar-refractivity contribution in [2.75, 3.05) is 13.1 Å². The molecule has 31 heavy (non-hydrogen) atoms. The number of hydrogen-bond acceptors (Lipinski definition) is 4. The molecule has 6 nitrogen and oxygen atoms in total. The van der Waals surface area contributed by atoms with Crippen molar-refractivity contribution in [3.8, 4) is 10.4 Å². The lowest BCUT2D eigenvalue weighted by Gasteiger charge is -2.31. The second kappa shape index (κ2) is 9.26. The van der Waals surface area contributed by atoms with E-state index >= 15 is 0 Å². The van der Waals surface area contributed by atoms with Gasteiger partial charge >= 0.3 is 0 Å². The van der Waals surface area contributed by atoms with Crippen molar-refractivity contribution in [3.05, 3.63) is 71.1 Å². The van der Waals surface area contributed by atoms with Crippen LogP contribution in [0.2, 0.25) is 0 Å². The molecule has 1 aliphatic rings. The first-order chi connectivity index (χ1) is 15.0. The summed E-state index contributed by atoms with van der Waals surface area (Å²) in [5.41, 5.74) is 1.10. The normalized spacial score (nSPS) is 14.8. The Morgan fingerprint density at radius 3 is 2.68 bits per heavy atom. The average Bonchev–Trinajstić information content (AvgIpc) is 3.42. The minimum absolute atomic E-state index is 0.0429. The molecule has 0 atom stereocenters. The molecule has 0 unspecified atom stereocenters. The highest BCUT2D eigenvalue weighted by atomic mass is 32.1. The fourth-order valence-corrected chi connectivity index (χ4v) is 4.50. The van der Waals surface area contributed by atoms with E-state index in [0.717, 1.165) is 9.75 Å². The summed E-state index contributed by atoms with van der Waals surface area (Å²) in [6.07, 6.45) is 7.98. The first-order valence-electron chi connectivity index (χ1n) is 10.1. The van der Waals surface area contributed by atoms with E-state index in [-0.39, 0.29) is 23.7 Å². The van der Waals surface area contributed by atoms with Crippen LogP contribution in [-0.4, -0.2) is 45.6 Å². The highest BCUT2D eigenvalue weighted by Crippen LogP contribution is 2.30. The Morgan fingerprint density at radius 1 is 1.19 bits per heavy atom. The van der Waals surface area contributed by atoms with Crippen molar-refractivity contribution in [2.45, 2.75) is 18.9 Å². The monoisotopic (exact) mass is 438 g/mol. The molecule has 3 heterocycles. The summed E-state index contributed by atoms with van der Waals surface area (Å²) in [5.74, 6) is -0.451. The number of aromatic nitrogens is 2. The van der Waals surface area contributed by atoms with E-state index in [0.29, 0.717) is 37.1 Å². The molecule has 1 saturated heterocycles. The van der Waals surface area contributed by atoms with Crippen molar-refractivity contribution in [1.29, 1.82) is 0 Å². The van der Waals surface area contributed by atoms with Crippen LogP contribution < -0.4 is 5.32 Å². The molecular weight excluding hydrogens is 415 g/mol. The summed E-state index contributed by atoms with van der Waals surface area (Å²) < 4.78 is 15.5. The highest BCUT2D eigenvalue weighted by Gasteiger charge is 2.23. The third-order valence-corrected chi connectivity index (χ3v) is 6.35. The zero-order valence-corrected chi connectivity index (χ0v) is 17.9. The van der Waals surface area contributed by atoms with Crippen LogP contribution >= 0.6 is 11.3 Å². The van der Waals surface area contributed by atoms with E-state index in [2.05, 4.69) is 10.4 Å². The van der Waals surface area contributed by atoms with Crippen LogP contribution in [0.1, 0.15) is 28.1 Å². The number of amides is 2. The zero-order valence-electron chi connectivity index (χ0n) is 17.1. The summed E-state index contributed by atoms with van der Waals surface area (Å²) in [5, 5.41) is 7.02. The van der Waals surface area contributed by atoms with Crippen molar-refractivity contribution in [2.24, 2.45) is 7.05 Å². The van der Waals surface area contributed by atoms with E-state index < -0.39 is 0 Å². The van der Waals surface area contributed by atoms with Crippen LogP contribution in [0, 0.1) is 5.82 Å². The molecule has 1 aliphatic heterocycles. The van der Waals surface area contributed by atoms with Gasteiger partial charge in [0.25, 0.3) is 5.91 Å². The second-order valence-corrected chi connectivity index (χ2v) is 8.61. The van der Waals surface area contributed by atoms with Gasteiger partial charge in [0, 0.05) is 53.8 Å². The predicted octanol–water partition coefficient (Wildman–Crippen LogP) is 3.72. The lowest BCUT2D eigenvalue weighted by Crippen LogP contribution is -2.46. The Hall–Kier alpha value is -3.26. The summed E-state index contributed by atoms with van der Waals surface area (Å²) in [6, 6.07) is 10.5. The first kappa shape index (κ1) is 21.0. The van der Waals surface area contributed by atoms with E-state index in [1.807, 2.05) is 12.1 Å². The summed E-state index contributed by atoms with van der Waals surface area (Å²) >= 11 is 1.44. The number of rotatable bonds is 5. The standard InChI is InChI=1S/C23H23FN4O2S/c1-27-15-16(14-25-27)23(30)26-17-10-12-28(13-11-17)22(29)9-7-18-6-8-21(31-18)19-4-2-3-5-20(19)24/h2-9,14-15,17H,10-13H2,1H3,(H,26,30)/b9-7+. The molecule has 2 aromatic heterocycles. The number of nitrogens with zero attached hydrogens (tertiary/aromatic N) is 3. The van der Waals surface area contributed by atoms with Gasteiger partial charge in [-0.3, -0.25) is 14.3 Å². The Balaban J connectivity index is 1.29. The first-order valence-corrected chi connectivity index (χ1v) is 10.9. The molecule has 4 rings (SSSR count). The van der Waals surface area contributed by atoms with Gasteiger partial charge in [0.15, 0.2) is 0 Å². The topological polar surface area (TPSA) is 67.2 Å². The Morgan fingerprint density at radius 2 is 1.97 bits per heavy atom. The number of halogens is 1. The number of likely N-dealkylation sites (tertiary alicyclic amines) is 1. The van der Waals surface area contributed by atoms with Gasteiger partial charge in [-0.15, -0.1) is 11.3 Å². The third-order valence-electron chi connectivity index (χ3n) is 5.27. The molecule has 1 fully saturated rings. The molecule has 160 valence electrons. The number of hydrogen-bond donors (Lipinski definition) is 1. The van der Waals surface area contributed by atoms with Crippen LogP contribution in [0.25, 0.3) is 16.5 Å². The molecule has 1 aromatic carbocycles. The molecule has 2 amide bonds. The van der Waals surface area contributed by atoms with Crippen molar-refractivity contribution in [3.63, 3.8) is 0 Å². The lowest BCUT2D eigenvalue weighted by molar-refractivity contribution is -0.126. The van der Waals surface area contributed by atoms with Crippen LogP contribution in [0.4, 0.5) is 4.39 Å². The van der Waals surface area contributed by atoms with Crippen LogP contribution in [0.5, 0.6) is 0 Å². The lowest BCUT2D eigenvalue weighted by atomic mass is 10.0. The van der Waals surface area contributed by atoms with Gasteiger partial charge in [-0.05, 0) is 37.1 Å². The number of benzene rings is 1. The summed E-state index contributed by atoms with van der Waals surface area (Å²) in [4.78, 5) is 28.3. The van der Waals surface area contributed by atoms with Crippen molar-refractivity contribution in [1.82, 2.24) is 20.0 Å². The zero-order chi connectivity index (χ0) is 21.8. The Bertz CT molecular complexity index is 1110. The maximum absolute atomic E-state index is 13.9. The number of carbonyl (C=O) groups is 2. The highest BCUT2D eigenvalue weighted by molar-refractivity contribution is 7.16. The van der Waals surface area contributed by atoms with Gasteiger partial charge in [0.1, 0.15) is 5.82 Å². The molecule has 1 N–H and O–H groups in total. The molecule has 0 bridgehead atoms. The molecular formula is C23H23FN4O2S. The van der Waals surface area contributed by atoms with Crippen molar-refractivity contribution < 1.29 is 14.0 Å². The second-order valence-electron chi connectivity index (χ2n) is 7.49. The molecule has 0 spiro atoms. The average molecular weight is 439 g/mol. The number of aryl methyl sites for hydroxylation is 1. The summed E-state index contributed by atoms with van der Waals surface area (Å²) in [7, 11) is 1.77. The largest absolute Gasteiger partial charge is 0.349 e. The van der Waals surface area contributed by atoms with Gasteiger partial charge in [0.2, 0.25) is 5.91 Å². The van der Waals surface area contributed by atoms with Gasteiger partial charge < -0.3 is 10.2 Å². The summed E-state index contributed by atoms with van der Waals surface area (Å²) in [6.45, 7) is 1.18. The smallest absolute Gasteiger partial charge is 0.254 e. The van der Waals surface area contributed by atoms with E-state index in [9.17, 15) is 14.0 Å². The minimum Gasteiger partial charge on any atom is -0.349 e. The quantitative estimate of drug-likeness (QED) is 0.618. The van der Waals surface area contributed by atoms with Crippen LogP contribution in [0.15, 0.2) is 54.9 Å². The molecule has 8 heteroatoms. The molecule has 0 saturated carbocycles. The van der Waals surface area contributed by atoms with Gasteiger partial charge in [-0.1, -0.05) is 18.2 Å². The minimum atomic E-state index is -0.255. The van der Waals surface area contributed by atoms with Crippen LogP contribution in [-0.2, 0) is 11.8 Å².